The molecule has 2 heterocycles. The van der Waals surface area contributed by atoms with E-state index >= 15 is 0 Å². The van der Waals surface area contributed by atoms with Crippen molar-refractivity contribution in [3.8, 4) is 0 Å². The SMILES string of the molecule is CC1CN(CC(C)(C)O)CCN1C(=O)Nc1ccon1. The molecular weight excluding hydrogens is 260 g/mol. The van der Waals surface area contributed by atoms with Crippen LogP contribution in [0.3, 0.4) is 0 Å². The summed E-state index contributed by atoms with van der Waals surface area (Å²) in [6, 6.07) is 1.51. The van der Waals surface area contributed by atoms with Crippen LogP contribution in [0.5, 0.6) is 0 Å². The molecule has 1 aliphatic rings. The van der Waals surface area contributed by atoms with Crippen LogP contribution in [0, 0.1) is 0 Å². The monoisotopic (exact) mass is 282 g/mol. The van der Waals surface area contributed by atoms with Gasteiger partial charge in [-0.2, -0.15) is 0 Å². The molecule has 1 fully saturated rings. The predicted molar refractivity (Wildman–Crippen MR) is 74.4 cm³/mol. The largest absolute Gasteiger partial charge is 0.389 e. The Balaban J connectivity index is 1.88. The number of nitrogens with zero attached hydrogens (tertiary/aromatic N) is 3. The molecule has 1 saturated heterocycles. The van der Waals surface area contributed by atoms with E-state index in [0.717, 1.165) is 13.1 Å². The minimum absolute atomic E-state index is 0.0815. The number of anilines is 1. The number of β-amino-alcohol motifs (C(OH)–C–C–N with tert-alkyl or cyclic N) is 1. The predicted octanol–water partition coefficient (Wildman–Crippen LogP) is 0.983. The van der Waals surface area contributed by atoms with E-state index in [0.29, 0.717) is 18.9 Å². The molecule has 112 valence electrons. The summed E-state index contributed by atoms with van der Waals surface area (Å²) in [7, 11) is 0. The number of aliphatic hydroxyl groups is 1. The molecule has 0 bridgehead atoms. The fraction of sp³-hybridized carbons (Fsp3) is 0.692. The molecule has 1 atom stereocenters. The van der Waals surface area contributed by atoms with Crippen molar-refractivity contribution in [2.24, 2.45) is 0 Å². The molecule has 1 unspecified atom stereocenters. The fourth-order valence-electron chi connectivity index (χ4n) is 2.48. The van der Waals surface area contributed by atoms with Crippen LogP contribution < -0.4 is 5.32 Å². The van der Waals surface area contributed by atoms with E-state index in [-0.39, 0.29) is 12.1 Å². The third-order valence-corrected chi connectivity index (χ3v) is 3.26. The van der Waals surface area contributed by atoms with Crippen LogP contribution in [0.15, 0.2) is 16.9 Å². The Hall–Kier alpha value is -1.60. The first-order chi connectivity index (χ1) is 9.35. The van der Waals surface area contributed by atoms with E-state index in [4.69, 9.17) is 0 Å². The van der Waals surface area contributed by atoms with Crippen molar-refractivity contribution in [2.75, 3.05) is 31.5 Å². The maximum absolute atomic E-state index is 12.1. The van der Waals surface area contributed by atoms with Crippen molar-refractivity contribution in [2.45, 2.75) is 32.4 Å². The van der Waals surface area contributed by atoms with E-state index in [9.17, 15) is 9.90 Å². The Bertz CT molecular complexity index is 441. The van der Waals surface area contributed by atoms with Gasteiger partial charge in [-0.25, -0.2) is 4.79 Å². The van der Waals surface area contributed by atoms with Crippen LogP contribution in [0.1, 0.15) is 20.8 Å². The third kappa shape index (κ3) is 3.94. The molecule has 7 nitrogen and oxygen atoms in total. The van der Waals surface area contributed by atoms with E-state index in [2.05, 4.69) is 19.9 Å². The van der Waals surface area contributed by atoms with Crippen LogP contribution in [0.4, 0.5) is 10.6 Å². The lowest BCUT2D eigenvalue weighted by Crippen LogP contribution is -2.57. The lowest BCUT2D eigenvalue weighted by Gasteiger charge is -2.41. The zero-order valence-corrected chi connectivity index (χ0v) is 12.2. The highest BCUT2D eigenvalue weighted by atomic mass is 16.5. The lowest BCUT2D eigenvalue weighted by molar-refractivity contribution is 0.0130. The average Bonchev–Trinajstić information content (AvgIpc) is 2.79. The van der Waals surface area contributed by atoms with Crippen molar-refractivity contribution in [3.05, 3.63) is 12.3 Å². The minimum Gasteiger partial charge on any atom is -0.389 e. The second-order valence-corrected chi connectivity index (χ2v) is 5.90. The first-order valence-corrected chi connectivity index (χ1v) is 6.78. The number of rotatable bonds is 3. The van der Waals surface area contributed by atoms with Gasteiger partial charge < -0.3 is 14.5 Å². The Kier molecular flexibility index (Phi) is 4.29. The molecule has 0 aromatic carbocycles. The van der Waals surface area contributed by atoms with Crippen LogP contribution in [-0.2, 0) is 0 Å². The van der Waals surface area contributed by atoms with Crippen molar-refractivity contribution in [1.82, 2.24) is 15.0 Å². The minimum atomic E-state index is -0.717. The molecule has 0 saturated carbocycles. The van der Waals surface area contributed by atoms with Gasteiger partial charge in [-0.3, -0.25) is 10.2 Å². The summed E-state index contributed by atoms with van der Waals surface area (Å²) >= 11 is 0. The summed E-state index contributed by atoms with van der Waals surface area (Å²) < 4.78 is 4.68. The van der Waals surface area contributed by atoms with Crippen molar-refractivity contribution >= 4 is 11.8 Å². The first-order valence-electron chi connectivity index (χ1n) is 6.78. The highest BCUT2D eigenvalue weighted by molar-refractivity contribution is 5.88. The average molecular weight is 282 g/mol. The van der Waals surface area contributed by atoms with E-state index in [1.54, 1.807) is 24.8 Å². The van der Waals surface area contributed by atoms with Gasteiger partial charge in [0.05, 0.1) is 5.60 Å². The van der Waals surface area contributed by atoms with Crippen LogP contribution in [-0.4, -0.2) is 63.9 Å². The highest BCUT2D eigenvalue weighted by Crippen LogP contribution is 2.14. The second kappa shape index (κ2) is 5.80. The standard InChI is InChI=1S/C13H22N4O3/c1-10-8-16(9-13(2,3)19)5-6-17(10)12(18)14-11-4-7-20-15-11/h4,7,10,19H,5-6,8-9H2,1-3H3,(H,14,15,18). The Morgan fingerprint density at radius 3 is 2.90 bits per heavy atom. The number of nitrogens with one attached hydrogen (secondary N) is 1. The van der Waals surface area contributed by atoms with E-state index < -0.39 is 5.60 Å². The maximum atomic E-state index is 12.1. The Morgan fingerprint density at radius 1 is 1.60 bits per heavy atom. The van der Waals surface area contributed by atoms with Crippen molar-refractivity contribution in [3.63, 3.8) is 0 Å². The topological polar surface area (TPSA) is 81.8 Å². The van der Waals surface area contributed by atoms with E-state index in [1.807, 2.05) is 6.92 Å². The zero-order valence-electron chi connectivity index (χ0n) is 12.2. The molecule has 1 aromatic heterocycles. The molecule has 1 aromatic rings. The normalized spacial score (nSPS) is 21.0. The van der Waals surface area contributed by atoms with Gasteiger partial charge in [0.25, 0.3) is 0 Å². The van der Waals surface area contributed by atoms with Gasteiger partial charge in [0.15, 0.2) is 5.82 Å². The number of carbonyl (C=O) groups is 1. The third-order valence-electron chi connectivity index (χ3n) is 3.26. The summed E-state index contributed by atoms with van der Waals surface area (Å²) in [5, 5.41) is 16.2. The molecule has 1 aliphatic heterocycles. The maximum Gasteiger partial charge on any atom is 0.323 e. The van der Waals surface area contributed by atoms with Gasteiger partial charge in [0, 0.05) is 38.3 Å². The van der Waals surface area contributed by atoms with Gasteiger partial charge in [0.2, 0.25) is 0 Å². The molecule has 20 heavy (non-hydrogen) atoms. The summed E-state index contributed by atoms with van der Waals surface area (Å²) in [6.07, 6.45) is 1.42. The molecule has 2 N–H and O–H groups in total. The zero-order chi connectivity index (χ0) is 14.8. The number of piperazine rings is 1. The molecule has 7 heteroatoms. The lowest BCUT2D eigenvalue weighted by atomic mass is 10.1. The Morgan fingerprint density at radius 2 is 2.35 bits per heavy atom. The highest BCUT2D eigenvalue weighted by Gasteiger charge is 2.30. The summed E-state index contributed by atoms with van der Waals surface area (Å²) in [5.74, 6) is 0.418. The smallest absolute Gasteiger partial charge is 0.323 e. The van der Waals surface area contributed by atoms with E-state index in [1.165, 1.54) is 6.26 Å². The molecule has 2 amide bonds. The number of hydrogen-bond donors (Lipinski definition) is 2. The Labute approximate surface area is 118 Å². The van der Waals surface area contributed by atoms with Crippen LogP contribution in [0.2, 0.25) is 0 Å². The molecule has 0 radical (unpaired) electrons. The molecule has 0 spiro atoms. The van der Waals surface area contributed by atoms with Crippen molar-refractivity contribution < 1.29 is 14.4 Å². The van der Waals surface area contributed by atoms with Crippen molar-refractivity contribution in [1.29, 1.82) is 0 Å². The number of hydrogen-bond acceptors (Lipinski definition) is 5. The van der Waals surface area contributed by atoms with Gasteiger partial charge >= 0.3 is 6.03 Å². The second-order valence-electron chi connectivity index (χ2n) is 5.90. The molecule has 2 rings (SSSR count). The quantitative estimate of drug-likeness (QED) is 0.863. The number of aromatic nitrogens is 1. The van der Waals surface area contributed by atoms with Gasteiger partial charge in [-0.15, -0.1) is 0 Å². The van der Waals surface area contributed by atoms with Crippen LogP contribution in [0.25, 0.3) is 0 Å². The van der Waals surface area contributed by atoms with Gasteiger partial charge in [-0.05, 0) is 20.8 Å². The number of amides is 2. The summed E-state index contributed by atoms with van der Waals surface area (Å²) in [6.45, 7) is 8.31. The summed E-state index contributed by atoms with van der Waals surface area (Å²) in [5.41, 5.74) is -0.717. The molecular formula is C13H22N4O3. The van der Waals surface area contributed by atoms with Gasteiger partial charge in [0.1, 0.15) is 6.26 Å². The number of urea groups is 1. The number of carbonyl (C=O) groups excluding carboxylic acids is 1. The molecule has 0 aliphatic carbocycles. The fourth-order valence-corrected chi connectivity index (χ4v) is 2.48. The van der Waals surface area contributed by atoms with Gasteiger partial charge in [-0.1, -0.05) is 5.16 Å². The summed E-state index contributed by atoms with van der Waals surface area (Å²) in [4.78, 5) is 16.1. The first kappa shape index (κ1) is 14.8. The van der Waals surface area contributed by atoms with Crippen LogP contribution >= 0.6 is 0 Å².